The van der Waals surface area contributed by atoms with E-state index in [9.17, 15) is 9.90 Å². The summed E-state index contributed by atoms with van der Waals surface area (Å²) >= 11 is 0. The minimum Gasteiger partial charge on any atom is -0.508 e. The van der Waals surface area contributed by atoms with Crippen LogP contribution in [0.1, 0.15) is 27.7 Å². The first-order chi connectivity index (χ1) is 11.2. The molecular formula is C18H15N3O2. The molecule has 2 heterocycles. The van der Waals surface area contributed by atoms with E-state index in [1.54, 1.807) is 30.1 Å². The Morgan fingerprint density at radius 3 is 2.65 bits per heavy atom. The van der Waals surface area contributed by atoms with Crippen molar-refractivity contribution >= 4 is 5.91 Å². The molecule has 1 aliphatic heterocycles. The summed E-state index contributed by atoms with van der Waals surface area (Å²) in [5.74, 6) is 0.0876. The lowest BCUT2D eigenvalue weighted by Crippen LogP contribution is -2.24. The van der Waals surface area contributed by atoms with Crippen LogP contribution in [0.5, 0.6) is 5.75 Å². The lowest BCUT2D eigenvalue weighted by Gasteiger charge is -2.22. The third-order valence-corrected chi connectivity index (χ3v) is 4.23. The summed E-state index contributed by atoms with van der Waals surface area (Å²) in [5, 5.41) is 17.0. The van der Waals surface area contributed by atoms with Crippen LogP contribution in [0, 0.1) is 0 Å². The number of H-pyrrole nitrogens is 1. The lowest BCUT2D eigenvalue weighted by molar-refractivity contribution is 0.0787. The van der Waals surface area contributed by atoms with Gasteiger partial charge in [0.05, 0.1) is 11.7 Å². The number of aromatic nitrogens is 2. The highest BCUT2D eigenvalue weighted by Crippen LogP contribution is 2.42. The van der Waals surface area contributed by atoms with E-state index in [0.717, 1.165) is 22.4 Å². The van der Waals surface area contributed by atoms with Crippen LogP contribution >= 0.6 is 0 Å². The molecule has 2 N–H and O–H groups in total. The summed E-state index contributed by atoms with van der Waals surface area (Å²) in [6.45, 7) is 0. The number of carbonyl (C=O) groups is 1. The number of nitrogens with one attached hydrogen (secondary N) is 1. The molecular weight excluding hydrogens is 290 g/mol. The molecule has 0 saturated carbocycles. The number of hydrogen-bond acceptors (Lipinski definition) is 3. The number of nitrogens with zero attached hydrogens (tertiary/aromatic N) is 2. The Morgan fingerprint density at radius 2 is 1.91 bits per heavy atom. The van der Waals surface area contributed by atoms with Gasteiger partial charge in [0.15, 0.2) is 0 Å². The fraction of sp³-hybridized carbons (Fsp3) is 0.111. The van der Waals surface area contributed by atoms with Crippen LogP contribution in [-0.2, 0) is 0 Å². The van der Waals surface area contributed by atoms with Crippen molar-refractivity contribution in [2.24, 2.45) is 0 Å². The van der Waals surface area contributed by atoms with Gasteiger partial charge in [-0.15, -0.1) is 0 Å². The Morgan fingerprint density at radius 1 is 1.13 bits per heavy atom. The molecule has 4 rings (SSSR count). The molecule has 114 valence electrons. The van der Waals surface area contributed by atoms with Crippen molar-refractivity contribution < 1.29 is 9.90 Å². The Bertz CT molecular complexity index is 886. The van der Waals surface area contributed by atoms with E-state index in [4.69, 9.17) is 0 Å². The van der Waals surface area contributed by atoms with Gasteiger partial charge in [-0.2, -0.15) is 5.10 Å². The molecule has 1 amide bonds. The number of carbonyl (C=O) groups excluding carboxylic acids is 1. The molecule has 0 radical (unpaired) electrons. The van der Waals surface area contributed by atoms with E-state index in [-0.39, 0.29) is 17.7 Å². The van der Waals surface area contributed by atoms with Gasteiger partial charge in [0, 0.05) is 18.2 Å². The molecule has 1 aliphatic rings. The molecule has 1 aromatic heterocycles. The van der Waals surface area contributed by atoms with Gasteiger partial charge in [-0.1, -0.05) is 42.5 Å². The molecule has 0 unspecified atom stereocenters. The van der Waals surface area contributed by atoms with Gasteiger partial charge < -0.3 is 10.0 Å². The first-order valence-electron chi connectivity index (χ1n) is 7.36. The average Bonchev–Trinajstić information content (AvgIpc) is 3.09. The number of rotatable bonds is 2. The molecule has 1 atom stereocenters. The van der Waals surface area contributed by atoms with Crippen molar-refractivity contribution in [3.8, 4) is 17.0 Å². The molecule has 0 fully saturated rings. The van der Waals surface area contributed by atoms with Crippen molar-refractivity contribution in [1.29, 1.82) is 0 Å². The summed E-state index contributed by atoms with van der Waals surface area (Å²) < 4.78 is 0. The zero-order valence-corrected chi connectivity index (χ0v) is 12.5. The number of aromatic amines is 1. The van der Waals surface area contributed by atoms with Crippen molar-refractivity contribution in [2.75, 3.05) is 7.05 Å². The number of phenols is 1. The highest BCUT2D eigenvalue weighted by Gasteiger charge is 2.40. The van der Waals surface area contributed by atoms with Gasteiger partial charge >= 0.3 is 0 Å². The summed E-state index contributed by atoms with van der Waals surface area (Å²) in [5.41, 5.74) is 3.96. The highest BCUT2D eigenvalue weighted by atomic mass is 16.3. The Kier molecular flexibility index (Phi) is 2.94. The Labute approximate surface area is 133 Å². The predicted octanol–water partition coefficient (Wildman–Crippen LogP) is 2.96. The smallest absolute Gasteiger partial charge is 0.272 e. The fourth-order valence-electron chi connectivity index (χ4n) is 3.17. The van der Waals surface area contributed by atoms with Gasteiger partial charge in [0.25, 0.3) is 5.91 Å². The van der Waals surface area contributed by atoms with E-state index in [1.807, 2.05) is 36.4 Å². The zero-order valence-electron chi connectivity index (χ0n) is 12.5. The van der Waals surface area contributed by atoms with E-state index in [1.165, 1.54) is 0 Å². The molecule has 0 bridgehead atoms. The van der Waals surface area contributed by atoms with Gasteiger partial charge in [0.2, 0.25) is 0 Å². The zero-order chi connectivity index (χ0) is 16.0. The summed E-state index contributed by atoms with van der Waals surface area (Å²) in [6.07, 6.45) is 0. The molecule has 2 aromatic carbocycles. The standard InChI is InChI=1S/C18H15N3O2/c1-21-17(12-8-5-9-13(22)10-12)14-15(11-6-3-2-4-7-11)19-20-16(14)18(21)23/h2-10,17,22H,1H3,(H,19,20)/t17-/m1/s1. The quantitative estimate of drug-likeness (QED) is 0.765. The van der Waals surface area contributed by atoms with Gasteiger partial charge in [-0.25, -0.2) is 0 Å². The van der Waals surface area contributed by atoms with Crippen LogP contribution < -0.4 is 0 Å². The normalized spacial score (nSPS) is 16.7. The minimum atomic E-state index is -0.265. The molecule has 5 nitrogen and oxygen atoms in total. The maximum Gasteiger partial charge on any atom is 0.272 e. The third-order valence-electron chi connectivity index (χ3n) is 4.23. The molecule has 0 spiro atoms. The first kappa shape index (κ1) is 13.6. The van der Waals surface area contributed by atoms with Gasteiger partial charge in [-0.05, 0) is 17.7 Å². The van der Waals surface area contributed by atoms with Crippen molar-refractivity contribution in [2.45, 2.75) is 6.04 Å². The SMILES string of the molecule is CN1C(=O)c2[nH]nc(-c3ccccc3)c2[C@H]1c1cccc(O)c1. The van der Waals surface area contributed by atoms with E-state index >= 15 is 0 Å². The number of benzene rings is 2. The fourth-order valence-corrected chi connectivity index (χ4v) is 3.17. The van der Waals surface area contributed by atoms with Crippen molar-refractivity contribution in [3.05, 3.63) is 71.4 Å². The Hall–Kier alpha value is -3.08. The number of phenolic OH excluding ortho intramolecular Hbond substituents is 1. The third kappa shape index (κ3) is 2.01. The second-order valence-corrected chi connectivity index (χ2v) is 5.64. The molecule has 0 aliphatic carbocycles. The number of aromatic hydroxyl groups is 1. The van der Waals surface area contributed by atoms with Crippen molar-refractivity contribution in [1.82, 2.24) is 15.1 Å². The van der Waals surface area contributed by atoms with Crippen LogP contribution in [0.4, 0.5) is 0 Å². The topological polar surface area (TPSA) is 69.2 Å². The van der Waals surface area contributed by atoms with Crippen LogP contribution in [0.25, 0.3) is 11.3 Å². The second kappa shape index (κ2) is 4.98. The lowest BCUT2D eigenvalue weighted by atomic mass is 9.96. The number of amides is 1. The van der Waals surface area contributed by atoms with Crippen LogP contribution in [0.3, 0.4) is 0 Å². The molecule has 23 heavy (non-hydrogen) atoms. The maximum atomic E-state index is 12.5. The highest BCUT2D eigenvalue weighted by molar-refractivity contribution is 6.00. The summed E-state index contributed by atoms with van der Waals surface area (Å²) in [7, 11) is 1.76. The van der Waals surface area contributed by atoms with E-state index in [0.29, 0.717) is 5.69 Å². The van der Waals surface area contributed by atoms with Gasteiger partial charge in [0.1, 0.15) is 11.4 Å². The Balaban J connectivity index is 1.92. The summed E-state index contributed by atoms with van der Waals surface area (Å²) in [4.78, 5) is 14.2. The largest absolute Gasteiger partial charge is 0.508 e. The first-order valence-corrected chi connectivity index (χ1v) is 7.36. The van der Waals surface area contributed by atoms with Crippen LogP contribution in [0.2, 0.25) is 0 Å². The molecule has 3 aromatic rings. The van der Waals surface area contributed by atoms with Gasteiger partial charge in [-0.3, -0.25) is 9.89 Å². The molecule has 0 saturated heterocycles. The number of fused-ring (bicyclic) bond motifs is 1. The van der Waals surface area contributed by atoms with E-state index < -0.39 is 0 Å². The molecule has 5 heteroatoms. The minimum absolute atomic E-state index is 0.0944. The maximum absolute atomic E-state index is 12.5. The van der Waals surface area contributed by atoms with E-state index in [2.05, 4.69) is 10.2 Å². The monoisotopic (exact) mass is 305 g/mol. The number of hydrogen-bond donors (Lipinski definition) is 2. The second-order valence-electron chi connectivity index (χ2n) is 5.64. The predicted molar refractivity (Wildman–Crippen MR) is 86.1 cm³/mol. The van der Waals surface area contributed by atoms with Crippen LogP contribution in [0.15, 0.2) is 54.6 Å². The summed E-state index contributed by atoms with van der Waals surface area (Å²) in [6, 6.07) is 16.5. The van der Waals surface area contributed by atoms with Crippen LogP contribution in [-0.4, -0.2) is 33.2 Å². The average molecular weight is 305 g/mol. The van der Waals surface area contributed by atoms with Crippen molar-refractivity contribution in [3.63, 3.8) is 0 Å².